The molecular weight excluding hydrogens is 622 g/mol. The SMILES string of the molecule is C[C@H]1CN2CCC[C@@]2(COc2nc3c4c(c(Cl)c(-c5ccc(F)c6sc(N)c(C#N)c56)c(F)c4n2)OCC2CCOCCN32)C1. The summed E-state index contributed by atoms with van der Waals surface area (Å²) in [6, 6.07) is 4.68. The van der Waals surface area contributed by atoms with E-state index >= 15 is 4.39 Å². The first kappa shape index (κ1) is 28.9. The summed E-state index contributed by atoms with van der Waals surface area (Å²) in [7, 11) is 0. The van der Waals surface area contributed by atoms with Crippen molar-refractivity contribution in [2.45, 2.75) is 44.2 Å². The van der Waals surface area contributed by atoms with Crippen molar-refractivity contribution >= 4 is 54.7 Å². The van der Waals surface area contributed by atoms with E-state index in [1.807, 2.05) is 0 Å². The van der Waals surface area contributed by atoms with Gasteiger partial charge in [0, 0.05) is 30.6 Å². The number of hydrogen-bond donors (Lipinski definition) is 1. The van der Waals surface area contributed by atoms with Crippen LogP contribution in [0.25, 0.3) is 32.1 Å². The van der Waals surface area contributed by atoms with Gasteiger partial charge in [0.1, 0.15) is 41.4 Å². The van der Waals surface area contributed by atoms with Crippen LogP contribution in [0.1, 0.15) is 38.2 Å². The topological polar surface area (TPSA) is 110 Å². The molecule has 3 fully saturated rings. The molecule has 4 aliphatic heterocycles. The Labute approximate surface area is 267 Å². The van der Waals surface area contributed by atoms with Crippen molar-refractivity contribution in [3.05, 3.63) is 34.4 Å². The molecular formula is C32H31ClF2N6O3S. The number of hydrogen-bond acceptors (Lipinski definition) is 10. The van der Waals surface area contributed by atoms with Crippen LogP contribution < -0.4 is 20.1 Å². The number of nitrogen functional groups attached to an aromatic ring is 1. The van der Waals surface area contributed by atoms with Gasteiger partial charge in [0.15, 0.2) is 11.6 Å². The van der Waals surface area contributed by atoms with Crippen LogP contribution in [0, 0.1) is 28.9 Å². The van der Waals surface area contributed by atoms with E-state index in [4.69, 9.17) is 36.5 Å². The highest BCUT2D eigenvalue weighted by Crippen LogP contribution is 2.51. The Morgan fingerprint density at radius 2 is 2.11 bits per heavy atom. The second-order valence-electron chi connectivity index (χ2n) is 12.6. The summed E-state index contributed by atoms with van der Waals surface area (Å²) >= 11 is 7.97. The van der Waals surface area contributed by atoms with E-state index in [2.05, 4.69) is 27.8 Å². The summed E-state index contributed by atoms with van der Waals surface area (Å²) in [5.41, 5.74) is 6.25. The molecule has 45 heavy (non-hydrogen) atoms. The zero-order chi connectivity index (χ0) is 31.0. The number of ether oxygens (including phenoxy) is 3. The molecule has 0 saturated carbocycles. The minimum absolute atomic E-state index is 0.00516. The van der Waals surface area contributed by atoms with Gasteiger partial charge in [0.2, 0.25) is 0 Å². The highest BCUT2D eigenvalue weighted by Gasteiger charge is 2.48. The standard InChI is InChI=1S/C32H31ClF2N6O3S/c1-16-11-32(6-2-7-40(32)13-16)15-44-31-38-26-23-27(43-14-17-5-9-42-10-8-41(17)30(23)39-31)24(33)22(25(26)35)18-3-4-20(34)28-21(18)19(12-36)29(37)45-28/h3-4,16-17H,2,5-11,13-15,37H2,1H3/t16-,17?,32+/m1/s1. The Balaban J connectivity index is 1.35. The Hall–Kier alpha value is -3.50. The lowest BCUT2D eigenvalue weighted by Crippen LogP contribution is -2.43. The van der Waals surface area contributed by atoms with Crippen LogP contribution in [0.3, 0.4) is 0 Å². The van der Waals surface area contributed by atoms with Crippen molar-refractivity contribution in [3.8, 4) is 29.0 Å². The number of aromatic nitrogens is 2. The number of nitrogens with zero attached hydrogens (tertiary/aromatic N) is 5. The number of nitrogens with two attached hydrogens (primary N) is 1. The van der Waals surface area contributed by atoms with Gasteiger partial charge in [-0.1, -0.05) is 24.6 Å². The largest absolute Gasteiger partial charge is 0.489 e. The van der Waals surface area contributed by atoms with Crippen LogP contribution in [-0.4, -0.2) is 72.5 Å². The van der Waals surface area contributed by atoms with E-state index in [-0.39, 0.29) is 72.3 Å². The molecule has 0 amide bonds. The third kappa shape index (κ3) is 4.42. The molecule has 2 aromatic heterocycles. The second-order valence-corrected chi connectivity index (χ2v) is 14.0. The van der Waals surface area contributed by atoms with Gasteiger partial charge >= 0.3 is 6.01 Å². The number of anilines is 2. The molecule has 0 radical (unpaired) electrons. The van der Waals surface area contributed by atoms with Gasteiger partial charge in [0.25, 0.3) is 0 Å². The molecule has 2 aromatic carbocycles. The zero-order valence-electron chi connectivity index (χ0n) is 24.7. The smallest absolute Gasteiger partial charge is 0.319 e. The van der Waals surface area contributed by atoms with Gasteiger partial charge in [-0.3, -0.25) is 4.90 Å². The highest BCUT2D eigenvalue weighted by atomic mass is 35.5. The van der Waals surface area contributed by atoms with Crippen molar-refractivity contribution in [3.63, 3.8) is 0 Å². The van der Waals surface area contributed by atoms with E-state index in [1.165, 1.54) is 12.1 Å². The summed E-state index contributed by atoms with van der Waals surface area (Å²) in [5.74, 6) is -0.0174. The van der Waals surface area contributed by atoms with Gasteiger partial charge in [-0.2, -0.15) is 15.2 Å². The van der Waals surface area contributed by atoms with Crippen molar-refractivity contribution in [2.24, 2.45) is 5.92 Å². The molecule has 6 heterocycles. The van der Waals surface area contributed by atoms with E-state index in [1.54, 1.807) is 0 Å². The number of nitriles is 1. The molecule has 0 aliphatic carbocycles. The predicted octanol–water partition coefficient (Wildman–Crippen LogP) is 6.14. The van der Waals surface area contributed by atoms with Crippen LogP contribution in [-0.2, 0) is 4.74 Å². The molecule has 0 bridgehead atoms. The first-order valence-corrected chi connectivity index (χ1v) is 16.5. The van der Waals surface area contributed by atoms with Crippen LogP contribution in [0.15, 0.2) is 12.1 Å². The maximum atomic E-state index is 17.1. The van der Waals surface area contributed by atoms with Crippen molar-refractivity contribution in [1.29, 1.82) is 5.26 Å². The van der Waals surface area contributed by atoms with Gasteiger partial charge in [-0.25, -0.2) is 8.78 Å². The number of benzene rings is 2. The highest BCUT2D eigenvalue weighted by molar-refractivity contribution is 7.23. The van der Waals surface area contributed by atoms with Crippen molar-refractivity contribution in [1.82, 2.24) is 14.9 Å². The van der Waals surface area contributed by atoms with Crippen LogP contribution in [0.2, 0.25) is 5.02 Å². The van der Waals surface area contributed by atoms with Crippen molar-refractivity contribution < 1.29 is 23.0 Å². The predicted molar refractivity (Wildman–Crippen MR) is 169 cm³/mol. The second kappa shape index (κ2) is 10.8. The summed E-state index contributed by atoms with van der Waals surface area (Å²) in [4.78, 5) is 14.1. The molecule has 3 saturated heterocycles. The Morgan fingerprint density at radius 3 is 2.96 bits per heavy atom. The van der Waals surface area contributed by atoms with E-state index in [0.29, 0.717) is 49.9 Å². The number of fused-ring (bicyclic) bond motifs is 4. The van der Waals surface area contributed by atoms with Gasteiger partial charge < -0.3 is 24.8 Å². The number of rotatable bonds is 4. The first-order chi connectivity index (χ1) is 21.8. The minimum Gasteiger partial charge on any atom is -0.489 e. The molecule has 1 unspecified atom stereocenters. The maximum Gasteiger partial charge on any atom is 0.319 e. The molecule has 13 heteroatoms. The van der Waals surface area contributed by atoms with Crippen molar-refractivity contribution in [2.75, 3.05) is 56.7 Å². The molecule has 234 valence electrons. The molecule has 4 aliphatic rings. The molecule has 4 aromatic rings. The molecule has 0 spiro atoms. The van der Waals surface area contributed by atoms with E-state index < -0.39 is 11.6 Å². The zero-order valence-corrected chi connectivity index (χ0v) is 26.2. The van der Waals surface area contributed by atoms with Crippen LogP contribution in [0.4, 0.5) is 19.6 Å². The lowest BCUT2D eigenvalue weighted by atomic mass is 9.92. The normalized spacial score (nSPS) is 24.6. The fraction of sp³-hybridized carbons (Fsp3) is 0.469. The summed E-state index contributed by atoms with van der Waals surface area (Å²) in [6.07, 6.45) is 3.84. The van der Waals surface area contributed by atoms with E-state index in [0.717, 1.165) is 43.7 Å². The summed E-state index contributed by atoms with van der Waals surface area (Å²) < 4.78 is 50.7. The van der Waals surface area contributed by atoms with Crippen LogP contribution >= 0.6 is 22.9 Å². The Bertz CT molecular complexity index is 1920. The van der Waals surface area contributed by atoms with E-state index in [9.17, 15) is 9.65 Å². The lowest BCUT2D eigenvalue weighted by Gasteiger charge is -2.32. The molecule has 2 N–H and O–H groups in total. The fourth-order valence-corrected chi connectivity index (χ4v) is 9.15. The summed E-state index contributed by atoms with van der Waals surface area (Å²) in [6.45, 7) is 6.53. The molecule has 3 atom stereocenters. The Morgan fingerprint density at radius 1 is 1.24 bits per heavy atom. The number of halogens is 3. The van der Waals surface area contributed by atoms with Crippen LogP contribution in [0.5, 0.6) is 11.8 Å². The third-order valence-electron chi connectivity index (χ3n) is 9.82. The molecule has 8 rings (SSSR count). The minimum atomic E-state index is -0.739. The van der Waals surface area contributed by atoms with Gasteiger partial charge in [0.05, 0.1) is 38.9 Å². The average Bonchev–Trinajstić information content (AvgIpc) is 3.55. The summed E-state index contributed by atoms with van der Waals surface area (Å²) in [5, 5.41) is 10.6. The number of thiophene rings is 1. The van der Waals surface area contributed by atoms with Gasteiger partial charge in [-0.15, -0.1) is 11.3 Å². The fourth-order valence-electron chi connectivity index (χ4n) is 7.86. The monoisotopic (exact) mass is 652 g/mol. The van der Waals surface area contributed by atoms with Gasteiger partial charge in [-0.05, 0) is 49.8 Å². The lowest BCUT2D eigenvalue weighted by molar-refractivity contribution is 0.107. The molecule has 9 nitrogen and oxygen atoms in total. The Kier molecular flexibility index (Phi) is 6.94. The quantitative estimate of drug-likeness (QED) is 0.278. The third-order valence-corrected chi connectivity index (χ3v) is 11.2. The average molecular weight is 653 g/mol. The first-order valence-electron chi connectivity index (χ1n) is 15.3. The maximum absolute atomic E-state index is 17.1.